The second kappa shape index (κ2) is 9.51. The third-order valence-corrected chi connectivity index (χ3v) is 13.4. The Morgan fingerprint density at radius 3 is 2.21 bits per heavy atom. The van der Waals surface area contributed by atoms with Crippen molar-refractivity contribution in [2.75, 3.05) is 6.54 Å². The van der Waals surface area contributed by atoms with Crippen molar-refractivity contribution in [2.24, 2.45) is 0 Å². The summed E-state index contributed by atoms with van der Waals surface area (Å²) in [5.41, 5.74) is 4.16. The van der Waals surface area contributed by atoms with Gasteiger partial charge in [0.25, 0.3) is 0 Å². The molecule has 2 atom stereocenters. The van der Waals surface area contributed by atoms with Crippen LogP contribution in [-0.2, 0) is 0 Å². The largest absolute Gasteiger partial charge is 0.388 e. The van der Waals surface area contributed by atoms with Crippen LogP contribution in [0.3, 0.4) is 0 Å². The molecule has 1 N–H and O–H groups in total. The van der Waals surface area contributed by atoms with Crippen molar-refractivity contribution in [3.05, 3.63) is 151 Å². The first-order valence-electron chi connectivity index (χ1n) is 13.5. The molecule has 7 rings (SSSR count). The van der Waals surface area contributed by atoms with Crippen molar-refractivity contribution in [2.45, 2.75) is 12.0 Å². The number of para-hydroxylation sites is 3. The van der Waals surface area contributed by atoms with Gasteiger partial charge in [0.15, 0.2) is 8.07 Å². The number of dihydropyridines is 1. The number of nitrogens with one attached hydrogen (secondary N) is 1. The summed E-state index contributed by atoms with van der Waals surface area (Å²) in [6, 6.07) is 38.0. The van der Waals surface area contributed by atoms with Gasteiger partial charge in [-0.05, 0) is 46.6 Å². The number of allylic oxidation sites excluding steroid dienone is 6. The first kappa shape index (κ1) is 22.8. The number of fused-ring (bicyclic) bond motifs is 3. The van der Waals surface area contributed by atoms with E-state index in [1.807, 2.05) is 0 Å². The highest BCUT2D eigenvalue weighted by atomic mass is 28.3. The number of hydrogen-bond acceptors (Lipinski definition) is 1. The highest BCUT2D eigenvalue weighted by Crippen LogP contribution is 2.39. The van der Waals surface area contributed by atoms with Crippen LogP contribution in [0.2, 0.25) is 5.54 Å². The normalized spacial score (nSPS) is 18.3. The van der Waals surface area contributed by atoms with E-state index in [1.54, 1.807) is 0 Å². The minimum atomic E-state index is -2.60. The minimum Gasteiger partial charge on any atom is -0.388 e. The van der Waals surface area contributed by atoms with Gasteiger partial charge in [0, 0.05) is 28.3 Å². The van der Waals surface area contributed by atoms with Crippen LogP contribution in [0.1, 0.15) is 6.42 Å². The second-order valence-electron chi connectivity index (χ2n) is 10.1. The lowest BCUT2D eigenvalue weighted by molar-refractivity contribution is 0.910. The lowest BCUT2D eigenvalue weighted by Crippen LogP contribution is -2.66. The molecule has 2 unspecified atom stereocenters. The third-order valence-electron chi connectivity index (χ3n) is 8.13. The minimum absolute atomic E-state index is 0.382. The van der Waals surface area contributed by atoms with Crippen molar-refractivity contribution in [3.63, 3.8) is 0 Å². The molecule has 0 saturated heterocycles. The fourth-order valence-electron chi connectivity index (χ4n) is 6.59. The molecule has 1 aliphatic carbocycles. The molecule has 0 radical (unpaired) electrons. The van der Waals surface area contributed by atoms with Gasteiger partial charge in [-0.15, -0.1) is 0 Å². The van der Waals surface area contributed by atoms with Gasteiger partial charge in [-0.1, -0.05) is 121 Å². The van der Waals surface area contributed by atoms with Gasteiger partial charge in [-0.3, -0.25) is 0 Å². The van der Waals surface area contributed by atoms with E-state index in [4.69, 9.17) is 0 Å². The van der Waals surface area contributed by atoms with Crippen LogP contribution in [-0.4, -0.2) is 19.2 Å². The topological polar surface area (TPSA) is 17.0 Å². The Hall–Kier alpha value is -4.34. The van der Waals surface area contributed by atoms with E-state index >= 15 is 0 Å². The number of nitrogens with zero attached hydrogens (tertiary/aromatic N) is 1. The van der Waals surface area contributed by atoms with Crippen LogP contribution >= 0.6 is 0 Å². The maximum atomic E-state index is 3.88. The highest BCUT2D eigenvalue weighted by Gasteiger charge is 2.48. The van der Waals surface area contributed by atoms with Gasteiger partial charge < -0.3 is 9.88 Å². The SMILES string of the molecule is C1=CCNC([Si](c2ccccc2)(c2cccc3c4ccccc4n(-c4ccccc4)c23)C2C=CC=CC2)=C1. The average molecular weight is 507 g/mol. The maximum absolute atomic E-state index is 3.88. The molecule has 0 fully saturated rings. The predicted octanol–water partition coefficient (Wildman–Crippen LogP) is 6.82. The summed E-state index contributed by atoms with van der Waals surface area (Å²) < 4.78 is 2.51. The molecule has 1 aromatic heterocycles. The first-order chi connectivity index (χ1) is 18.9. The molecule has 3 heteroatoms. The van der Waals surface area contributed by atoms with Gasteiger partial charge >= 0.3 is 0 Å². The Kier molecular flexibility index (Phi) is 5.71. The standard InChI is InChI=1S/C35H30N2Si/c1-4-15-27(16-5-1)37-32-23-11-10-21-30(32)31-22-14-24-33(35(31)37)38(28-17-6-2-7-18-28,29-19-8-3-9-20-29)34-25-12-13-26-36-34/h1-19,21-25,29,36H,20,26H2. The van der Waals surface area contributed by atoms with E-state index in [2.05, 4.69) is 156 Å². The molecule has 0 bridgehead atoms. The summed E-state index contributed by atoms with van der Waals surface area (Å²) in [4.78, 5) is 0. The van der Waals surface area contributed by atoms with Crippen molar-refractivity contribution in [1.29, 1.82) is 0 Å². The molecule has 0 saturated carbocycles. The molecule has 5 aromatic rings. The summed E-state index contributed by atoms with van der Waals surface area (Å²) in [5.74, 6) is 0. The van der Waals surface area contributed by atoms with Gasteiger partial charge in [-0.25, -0.2) is 0 Å². The second-order valence-corrected chi connectivity index (χ2v) is 14.1. The summed E-state index contributed by atoms with van der Waals surface area (Å²) in [7, 11) is -2.60. The lowest BCUT2D eigenvalue weighted by atomic mass is 10.1. The van der Waals surface area contributed by atoms with Gasteiger partial charge in [0.2, 0.25) is 0 Å². The fourth-order valence-corrected chi connectivity index (χ4v) is 12.1. The highest BCUT2D eigenvalue weighted by molar-refractivity contribution is 7.09. The molecule has 2 heterocycles. The van der Waals surface area contributed by atoms with Crippen LogP contribution in [0.4, 0.5) is 0 Å². The van der Waals surface area contributed by atoms with Crippen molar-refractivity contribution in [1.82, 2.24) is 9.88 Å². The number of benzene rings is 4. The predicted molar refractivity (Wildman–Crippen MR) is 164 cm³/mol. The van der Waals surface area contributed by atoms with Crippen LogP contribution in [0.25, 0.3) is 27.5 Å². The maximum Gasteiger partial charge on any atom is 0.177 e. The van der Waals surface area contributed by atoms with Crippen LogP contribution in [0.5, 0.6) is 0 Å². The smallest absolute Gasteiger partial charge is 0.177 e. The number of aromatic nitrogens is 1. The van der Waals surface area contributed by atoms with E-state index in [9.17, 15) is 0 Å². The van der Waals surface area contributed by atoms with Gasteiger partial charge in [0.1, 0.15) is 0 Å². The Morgan fingerprint density at radius 2 is 1.45 bits per heavy atom. The summed E-state index contributed by atoms with van der Waals surface area (Å²) >= 11 is 0. The first-order valence-corrected chi connectivity index (χ1v) is 15.5. The third kappa shape index (κ3) is 3.47. The number of rotatable bonds is 5. The summed E-state index contributed by atoms with van der Waals surface area (Å²) in [5, 5.41) is 10.8. The average Bonchev–Trinajstić information content (AvgIpc) is 3.35. The van der Waals surface area contributed by atoms with E-state index in [1.165, 1.54) is 43.2 Å². The van der Waals surface area contributed by atoms with E-state index in [0.29, 0.717) is 5.54 Å². The fraction of sp³-hybridized carbons (Fsp3) is 0.0857. The van der Waals surface area contributed by atoms with Crippen molar-refractivity contribution < 1.29 is 0 Å². The molecule has 1 aliphatic heterocycles. The van der Waals surface area contributed by atoms with Gasteiger partial charge in [-0.2, -0.15) is 0 Å². The summed E-state index contributed by atoms with van der Waals surface area (Å²) in [6.07, 6.45) is 17.1. The molecular formula is C35H30N2Si. The quantitative estimate of drug-likeness (QED) is 0.259. The number of hydrogen-bond donors (Lipinski definition) is 1. The van der Waals surface area contributed by atoms with Crippen molar-refractivity contribution in [3.8, 4) is 5.69 Å². The van der Waals surface area contributed by atoms with E-state index in [0.717, 1.165) is 13.0 Å². The van der Waals surface area contributed by atoms with Crippen LogP contribution in [0.15, 0.2) is 151 Å². The van der Waals surface area contributed by atoms with Crippen LogP contribution in [0, 0.1) is 0 Å². The van der Waals surface area contributed by atoms with Crippen molar-refractivity contribution >= 4 is 40.3 Å². The molecule has 4 aromatic carbocycles. The van der Waals surface area contributed by atoms with E-state index < -0.39 is 8.07 Å². The monoisotopic (exact) mass is 506 g/mol. The molecule has 0 spiro atoms. The Bertz CT molecular complexity index is 1740. The zero-order valence-electron chi connectivity index (χ0n) is 21.3. The molecule has 2 aliphatic rings. The van der Waals surface area contributed by atoms with Crippen LogP contribution < -0.4 is 15.7 Å². The Labute approximate surface area is 225 Å². The molecule has 38 heavy (non-hydrogen) atoms. The van der Waals surface area contributed by atoms with Gasteiger partial charge in [0.05, 0.1) is 11.0 Å². The summed E-state index contributed by atoms with van der Waals surface area (Å²) in [6.45, 7) is 0.858. The van der Waals surface area contributed by atoms with E-state index in [-0.39, 0.29) is 0 Å². The molecule has 184 valence electrons. The Balaban J connectivity index is 1.68. The molecule has 2 nitrogen and oxygen atoms in total. The Morgan fingerprint density at radius 1 is 0.684 bits per heavy atom. The zero-order valence-corrected chi connectivity index (χ0v) is 22.3. The zero-order chi connectivity index (χ0) is 25.4. The molecule has 0 amide bonds. The lowest BCUT2D eigenvalue weighted by Gasteiger charge is -2.42. The molecular weight excluding hydrogens is 476 g/mol.